The van der Waals surface area contributed by atoms with E-state index in [0.717, 1.165) is 0 Å². The first-order chi connectivity index (χ1) is 5.49. The van der Waals surface area contributed by atoms with E-state index < -0.39 is 11.5 Å². The lowest BCUT2D eigenvalue weighted by molar-refractivity contribution is -0.143. The summed E-state index contributed by atoms with van der Waals surface area (Å²) in [5, 5.41) is 8.94. The van der Waals surface area contributed by atoms with Gasteiger partial charge in [-0.2, -0.15) is 0 Å². The third kappa shape index (κ3) is 1.06. The largest absolute Gasteiger partial charge is 0.480 e. The number of rotatable bonds is 1. The Morgan fingerprint density at radius 1 is 1.75 bits per heavy atom. The average molecular weight is 167 g/mol. The van der Waals surface area contributed by atoms with Crippen LogP contribution in [0.1, 0.15) is 13.8 Å². The molecule has 1 aliphatic rings. The summed E-state index contributed by atoms with van der Waals surface area (Å²) < 4.78 is 0. The van der Waals surface area contributed by atoms with Crippen LogP contribution in [0.2, 0.25) is 0 Å². The van der Waals surface area contributed by atoms with Crippen LogP contribution in [0.4, 0.5) is 0 Å². The summed E-state index contributed by atoms with van der Waals surface area (Å²) in [6.45, 7) is 3.55. The number of carboxylic acid groups (broad SMARTS) is 1. The first-order valence-electron chi connectivity index (χ1n) is 3.87. The van der Waals surface area contributed by atoms with Crippen LogP contribution in [0.3, 0.4) is 0 Å². The van der Waals surface area contributed by atoms with Crippen molar-refractivity contribution in [2.45, 2.75) is 19.4 Å². The molecule has 3 heteroatoms. The van der Waals surface area contributed by atoms with Crippen LogP contribution in [-0.4, -0.2) is 16.6 Å². The Hall–Kier alpha value is -1.09. The van der Waals surface area contributed by atoms with Crippen molar-refractivity contribution in [3.05, 3.63) is 23.8 Å². The number of carboxylic acids is 1. The van der Waals surface area contributed by atoms with E-state index in [1.807, 2.05) is 6.08 Å². The summed E-state index contributed by atoms with van der Waals surface area (Å²) >= 11 is 0. The smallest absolute Gasteiger partial charge is 0.328 e. The second-order valence-corrected chi connectivity index (χ2v) is 3.20. The second kappa shape index (κ2) is 2.75. The molecule has 0 saturated heterocycles. The summed E-state index contributed by atoms with van der Waals surface area (Å²) in [4.78, 5) is 10.9. The number of hydrogen-bond acceptors (Lipinski definition) is 2. The Kier molecular flexibility index (Phi) is 2.06. The van der Waals surface area contributed by atoms with Crippen molar-refractivity contribution in [3.8, 4) is 0 Å². The third-order valence-corrected chi connectivity index (χ3v) is 2.47. The highest BCUT2D eigenvalue weighted by molar-refractivity contribution is 5.84. The highest BCUT2D eigenvalue weighted by Crippen LogP contribution is 2.28. The fourth-order valence-corrected chi connectivity index (χ4v) is 1.38. The Morgan fingerprint density at radius 3 is 2.67 bits per heavy atom. The molecule has 1 rings (SSSR count). The van der Waals surface area contributed by atoms with Crippen molar-refractivity contribution in [3.63, 3.8) is 0 Å². The lowest BCUT2D eigenvalue weighted by atomic mass is 9.77. The highest BCUT2D eigenvalue weighted by Gasteiger charge is 2.41. The zero-order valence-electron chi connectivity index (χ0n) is 7.24. The monoisotopic (exact) mass is 167 g/mol. The lowest BCUT2D eigenvalue weighted by Gasteiger charge is -2.32. The predicted octanol–water partition coefficient (Wildman–Crippen LogP) is 0.921. The molecule has 0 heterocycles. The quantitative estimate of drug-likeness (QED) is 0.610. The second-order valence-electron chi connectivity index (χ2n) is 3.20. The Labute approximate surface area is 71.6 Å². The molecule has 0 saturated carbocycles. The first-order valence-corrected chi connectivity index (χ1v) is 3.87. The Bertz CT molecular complexity index is 268. The van der Waals surface area contributed by atoms with Crippen molar-refractivity contribution in [2.24, 2.45) is 11.7 Å². The van der Waals surface area contributed by atoms with Gasteiger partial charge in [0.05, 0.1) is 0 Å². The molecule has 1 aliphatic carbocycles. The van der Waals surface area contributed by atoms with Gasteiger partial charge in [-0.3, -0.25) is 0 Å². The van der Waals surface area contributed by atoms with Crippen LogP contribution < -0.4 is 5.73 Å². The summed E-state index contributed by atoms with van der Waals surface area (Å²) in [5.41, 5.74) is 5.26. The molecule has 3 N–H and O–H groups in total. The Balaban J connectivity index is 3.10. The van der Waals surface area contributed by atoms with Crippen molar-refractivity contribution in [1.82, 2.24) is 0 Å². The fourth-order valence-electron chi connectivity index (χ4n) is 1.38. The van der Waals surface area contributed by atoms with Gasteiger partial charge >= 0.3 is 5.97 Å². The third-order valence-electron chi connectivity index (χ3n) is 2.47. The molecule has 12 heavy (non-hydrogen) atoms. The molecule has 0 aromatic rings. The number of carbonyl (C=O) groups is 1. The van der Waals surface area contributed by atoms with Crippen molar-refractivity contribution < 1.29 is 9.90 Å². The van der Waals surface area contributed by atoms with E-state index in [1.165, 1.54) is 0 Å². The van der Waals surface area contributed by atoms with Crippen LogP contribution in [0.15, 0.2) is 23.8 Å². The van der Waals surface area contributed by atoms with Gasteiger partial charge in [0.2, 0.25) is 0 Å². The van der Waals surface area contributed by atoms with E-state index in [9.17, 15) is 4.79 Å². The van der Waals surface area contributed by atoms with E-state index in [2.05, 4.69) is 0 Å². The van der Waals surface area contributed by atoms with Crippen LogP contribution in [0, 0.1) is 5.92 Å². The molecule has 0 aromatic heterocycles. The minimum absolute atomic E-state index is 0.153. The highest BCUT2D eigenvalue weighted by atomic mass is 16.4. The van der Waals surface area contributed by atoms with Gasteiger partial charge in [-0.25, -0.2) is 4.79 Å². The van der Waals surface area contributed by atoms with Gasteiger partial charge in [-0.05, 0) is 12.5 Å². The maximum atomic E-state index is 10.9. The van der Waals surface area contributed by atoms with E-state index in [-0.39, 0.29) is 5.92 Å². The summed E-state index contributed by atoms with van der Waals surface area (Å²) in [6.07, 6.45) is 5.39. The van der Waals surface area contributed by atoms with Gasteiger partial charge in [0, 0.05) is 5.92 Å². The molecule has 0 bridgehead atoms. The van der Waals surface area contributed by atoms with Crippen LogP contribution in [0.5, 0.6) is 0 Å². The predicted molar refractivity (Wildman–Crippen MR) is 46.6 cm³/mol. The minimum Gasteiger partial charge on any atom is -0.480 e. The summed E-state index contributed by atoms with van der Waals surface area (Å²) in [7, 11) is 0. The topological polar surface area (TPSA) is 63.3 Å². The standard InChI is InChI=1S/C9H13NO2/c1-6-4-3-5-7(2)9(6,10)8(11)12/h3-6H,10H2,1-2H3,(H,11,12). The fraction of sp³-hybridized carbons (Fsp3) is 0.444. The van der Waals surface area contributed by atoms with Gasteiger partial charge < -0.3 is 10.8 Å². The molecule has 66 valence electrons. The minimum atomic E-state index is -1.21. The summed E-state index contributed by atoms with van der Waals surface area (Å²) in [5.74, 6) is -1.12. The van der Waals surface area contributed by atoms with Crippen LogP contribution >= 0.6 is 0 Å². The maximum absolute atomic E-state index is 10.9. The van der Waals surface area contributed by atoms with Gasteiger partial charge in [0.25, 0.3) is 0 Å². The van der Waals surface area contributed by atoms with Crippen molar-refractivity contribution >= 4 is 5.97 Å². The van der Waals surface area contributed by atoms with E-state index in [0.29, 0.717) is 5.57 Å². The molecule has 0 spiro atoms. The average Bonchev–Trinajstić information content (AvgIpc) is 1.99. The van der Waals surface area contributed by atoms with Crippen molar-refractivity contribution in [2.75, 3.05) is 0 Å². The molecule has 3 nitrogen and oxygen atoms in total. The summed E-state index contributed by atoms with van der Waals surface area (Å²) in [6, 6.07) is 0. The molecule has 0 aliphatic heterocycles. The van der Waals surface area contributed by atoms with Crippen molar-refractivity contribution in [1.29, 1.82) is 0 Å². The molecule has 0 amide bonds. The normalized spacial score (nSPS) is 34.6. The number of aliphatic carboxylic acids is 1. The molecule has 2 unspecified atom stereocenters. The lowest BCUT2D eigenvalue weighted by Crippen LogP contribution is -2.54. The van der Waals surface area contributed by atoms with Gasteiger partial charge in [-0.15, -0.1) is 0 Å². The Morgan fingerprint density at radius 2 is 2.33 bits per heavy atom. The van der Waals surface area contributed by atoms with Gasteiger partial charge in [0.1, 0.15) is 5.54 Å². The van der Waals surface area contributed by atoms with Gasteiger partial charge in [0.15, 0.2) is 0 Å². The van der Waals surface area contributed by atoms with E-state index in [4.69, 9.17) is 10.8 Å². The van der Waals surface area contributed by atoms with E-state index >= 15 is 0 Å². The molecule has 0 fully saturated rings. The number of hydrogen-bond donors (Lipinski definition) is 2. The maximum Gasteiger partial charge on any atom is 0.328 e. The van der Waals surface area contributed by atoms with Crippen LogP contribution in [0.25, 0.3) is 0 Å². The zero-order chi connectivity index (χ0) is 9.35. The SMILES string of the molecule is CC1=CC=CC(C)C1(N)C(=O)O. The molecular weight excluding hydrogens is 154 g/mol. The van der Waals surface area contributed by atoms with Crippen LogP contribution in [-0.2, 0) is 4.79 Å². The molecule has 0 aromatic carbocycles. The molecule has 0 radical (unpaired) electrons. The molecule has 2 atom stereocenters. The van der Waals surface area contributed by atoms with E-state index in [1.54, 1.807) is 26.0 Å². The number of nitrogens with two attached hydrogens (primary N) is 1. The molecular formula is C9H13NO2. The first kappa shape index (κ1) is 9.00. The zero-order valence-corrected chi connectivity index (χ0v) is 7.24. The number of allylic oxidation sites excluding steroid dienone is 2. The van der Waals surface area contributed by atoms with Gasteiger partial charge in [-0.1, -0.05) is 25.2 Å².